The highest BCUT2D eigenvalue weighted by Crippen LogP contribution is 2.26. The Morgan fingerprint density at radius 2 is 2.00 bits per heavy atom. The maximum atomic E-state index is 13.8. The molecule has 0 spiro atoms. The average Bonchev–Trinajstić information content (AvgIpc) is 2.19. The van der Waals surface area contributed by atoms with Crippen molar-refractivity contribution in [2.45, 2.75) is 32.8 Å². The van der Waals surface area contributed by atoms with Crippen LogP contribution < -0.4 is 4.74 Å². The first kappa shape index (κ1) is 12.0. The third kappa shape index (κ3) is 2.93. The van der Waals surface area contributed by atoms with Gasteiger partial charge < -0.3 is 9.84 Å². The Kier molecular flexibility index (Phi) is 4.09. The molecule has 0 heterocycles. The minimum Gasteiger partial charge on any atom is -0.488 e. The van der Waals surface area contributed by atoms with Crippen molar-refractivity contribution < 1.29 is 14.2 Å². The van der Waals surface area contributed by atoms with E-state index in [2.05, 4.69) is 0 Å². The number of rotatable bonds is 4. The molecular weight excluding hydrogens is 195 g/mol. The molecule has 0 saturated carbocycles. The molecule has 3 heteroatoms. The topological polar surface area (TPSA) is 29.5 Å². The number of aliphatic hydroxyl groups excluding tert-OH is 1. The lowest BCUT2D eigenvalue weighted by Crippen LogP contribution is -2.09. The molecule has 0 aromatic heterocycles. The first-order valence-corrected chi connectivity index (χ1v) is 5.12. The van der Waals surface area contributed by atoms with Gasteiger partial charge in [-0.2, -0.15) is 0 Å². The van der Waals surface area contributed by atoms with Crippen LogP contribution in [0.1, 0.15) is 32.3 Å². The van der Waals surface area contributed by atoms with E-state index in [-0.39, 0.29) is 30.2 Å². The molecule has 0 aliphatic heterocycles. The first-order chi connectivity index (χ1) is 7.06. The molecule has 0 bridgehead atoms. The van der Waals surface area contributed by atoms with Gasteiger partial charge in [-0.15, -0.1) is 0 Å². The zero-order chi connectivity index (χ0) is 11.4. The fraction of sp³-hybridized carbons (Fsp3) is 0.500. The molecule has 0 radical (unpaired) electrons. The predicted molar refractivity (Wildman–Crippen MR) is 57.7 cm³/mol. The highest BCUT2D eigenvalue weighted by atomic mass is 19.1. The van der Waals surface area contributed by atoms with Crippen LogP contribution in [0, 0.1) is 5.82 Å². The van der Waals surface area contributed by atoms with Gasteiger partial charge >= 0.3 is 0 Å². The highest BCUT2D eigenvalue weighted by molar-refractivity contribution is 5.33. The summed E-state index contributed by atoms with van der Waals surface area (Å²) in [5.41, 5.74) is 0.496. The van der Waals surface area contributed by atoms with Gasteiger partial charge in [-0.3, -0.25) is 0 Å². The standard InChI is InChI=1S/C12H17FO2/c1-8(2)15-11-6-4-5-10(12(11)13)9(3)7-14/h4-6,8-9,14H,7H2,1-3H3. The summed E-state index contributed by atoms with van der Waals surface area (Å²) in [5.74, 6) is -0.323. The van der Waals surface area contributed by atoms with Crippen LogP contribution in [0.2, 0.25) is 0 Å². The summed E-state index contributed by atoms with van der Waals surface area (Å²) in [6.07, 6.45) is -0.0563. The Morgan fingerprint density at radius 3 is 2.53 bits per heavy atom. The quantitative estimate of drug-likeness (QED) is 0.831. The van der Waals surface area contributed by atoms with E-state index in [0.717, 1.165) is 0 Å². The number of ether oxygens (including phenoxy) is 1. The normalized spacial score (nSPS) is 12.9. The van der Waals surface area contributed by atoms with Crippen molar-refractivity contribution in [3.63, 3.8) is 0 Å². The van der Waals surface area contributed by atoms with E-state index < -0.39 is 0 Å². The van der Waals surface area contributed by atoms with E-state index in [1.54, 1.807) is 25.1 Å². The largest absolute Gasteiger partial charge is 0.488 e. The van der Waals surface area contributed by atoms with Crippen molar-refractivity contribution in [3.05, 3.63) is 29.6 Å². The molecule has 1 unspecified atom stereocenters. The van der Waals surface area contributed by atoms with Crippen LogP contribution in [0.3, 0.4) is 0 Å². The summed E-state index contributed by atoms with van der Waals surface area (Å²) < 4.78 is 19.2. The second-order valence-corrected chi connectivity index (χ2v) is 3.91. The van der Waals surface area contributed by atoms with Gasteiger partial charge in [-0.05, 0) is 25.5 Å². The van der Waals surface area contributed by atoms with Crippen LogP contribution in [-0.2, 0) is 0 Å². The van der Waals surface area contributed by atoms with E-state index >= 15 is 0 Å². The lowest BCUT2D eigenvalue weighted by Gasteiger charge is -2.15. The molecule has 1 atom stereocenters. The third-order valence-electron chi connectivity index (χ3n) is 2.16. The van der Waals surface area contributed by atoms with Crippen molar-refractivity contribution in [1.29, 1.82) is 0 Å². The van der Waals surface area contributed by atoms with Crippen molar-refractivity contribution in [1.82, 2.24) is 0 Å². The molecule has 0 saturated heterocycles. The smallest absolute Gasteiger partial charge is 0.168 e. The van der Waals surface area contributed by atoms with Gasteiger partial charge in [0.2, 0.25) is 0 Å². The van der Waals surface area contributed by atoms with Gasteiger partial charge in [0, 0.05) is 12.5 Å². The maximum Gasteiger partial charge on any atom is 0.168 e. The summed E-state index contributed by atoms with van der Waals surface area (Å²) >= 11 is 0. The van der Waals surface area contributed by atoms with Gasteiger partial charge in [0.25, 0.3) is 0 Å². The van der Waals surface area contributed by atoms with Crippen LogP contribution >= 0.6 is 0 Å². The van der Waals surface area contributed by atoms with Crippen LogP contribution in [0.4, 0.5) is 4.39 Å². The van der Waals surface area contributed by atoms with Crippen molar-refractivity contribution >= 4 is 0 Å². The Bertz CT molecular complexity index is 323. The molecule has 0 amide bonds. The minimum absolute atomic E-state index is 0.0563. The molecule has 0 aliphatic carbocycles. The van der Waals surface area contributed by atoms with E-state index in [1.807, 2.05) is 13.8 Å². The summed E-state index contributed by atoms with van der Waals surface area (Å²) in [6.45, 7) is 5.41. The van der Waals surface area contributed by atoms with Gasteiger partial charge in [0.1, 0.15) is 0 Å². The Labute approximate surface area is 89.7 Å². The molecule has 1 aromatic rings. The van der Waals surface area contributed by atoms with Crippen LogP contribution in [-0.4, -0.2) is 17.8 Å². The van der Waals surface area contributed by atoms with Crippen molar-refractivity contribution in [3.8, 4) is 5.75 Å². The molecule has 1 rings (SSSR count). The number of hydrogen-bond donors (Lipinski definition) is 1. The number of aliphatic hydroxyl groups is 1. The lowest BCUT2D eigenvalue weighted by atomic mass is 10.0. The fourth-order valence-electron chi connectivity index (χ4n) is 1.35. The second-order valence-electron chi connectivity index (χ2n) is 3.91. The van der Waals surface area contributed by atoms with Gasteiger partial charge in [0.05, 0.1) is 6.10 Å². The predicted octanol–water partition coefficient (Wildman–Crippen LogP) is 2.71. The molecule has 15 heavy (non-hydrogen) atoms. The van der Waals surface area contributed by atoms with Gasteiger partial charge in [-0.25, -0.2) is 4.39 Å². The number of hydrogen-bond acceptors (Lipinski definition) is 2. The Hall–Kier alpha value is -1.09. The average molecular weight is 212 g/mol. The van der Waals surface area contributed by atoms with E-state index in [4.69, 9.17) is 9.84 Å². The lowest BCUT2D eigenvalue weighted by molar-refractivity contribution is 0.228. The Morgan fingerprint density at radius 1 is 1.33 bits per heavy atom. The molecule has 84 valence electrons. The summed E-state index contributed by atoms with van der Waals surface area (Å²) in [6, 6.07) is 5.01. The van der Waals surface area contributed by atoms with Crippen molar-refractivity contribution in [2.75, 3.05) is 6.61 Å². The van der Waals surface area contributed by atoms with E-state index in [1.165, 1.54) is 0 Å². The SMILES string of the molecule is CC(C)Oc1cccc(C(C)CO)c1F. The minimum atomic E-state index is -0.368. The zero-order valence-corrected chi connectivity index (χ0v) is 9.33. The molecule has 1 N–H and O–H groups in total. The number of halogens is 1. The van der Waals surface area contributed by atoms with E-state index in [9.17, 15) is 4.39 Å². The van der Waals surface area contributed by atoms with Gasteiger partial charge in [-0.1, -0.05) is 19.1 Å². The number of benzene rings is 1. The Balaban J connectivity index is 3.00. The third-order valence-corrected chi connectivity index (χ3v) is 2.16. The summed E-state index contributed by atoms with van der Waals surface area (Å²) in [7, 11) is 0. The monoisotopic (exact) mass is 212 g/mol. The van der Waals surface area contributed by atoms with Crippen molar-refractivity contribution in [2.24, 2.45) is 0 Å². The zero-order valence-electron chi connectivity index (χ0n) is 9.33. The highest BCUT2D eigenvalue weighted by Gasteiger charge is 2.14. The first-order valence-electron chi connectivity index (χ1n) is 5.12. The molecular formula is C12H17FO2. The van der Waals surface area contributed by atoms with E-state index in [0.29, 0.717) is 5.56 Å². The van der Waals surface area contributed by atoms with Crippen LogP contribution in [0.15, 0.2) is 18.2 Å². The molecule has 0 fully saturated rings. The van der Waals surface area contributed by atoms with Crippen LogP contribution in [0.25, 0.3) is 0 Å². The second kappa shape index (κ2) is 5.12. The van der Waals surface area contributed by atoms with Crippen LogP contribution in [0.5, 0.6) is 5.75 Å². The fourth-order valence-corrected chi connectivity index (χ4v) is 1.35. The summed E-state index contributed by atoms with van der Waals surface area (Å²) in [4.78, 5) is 0. The van der Waals surface area contributed by atoms with Gasteiger partial charge in [0.15, 0.2) is 11.6 Å². The summed E-state index contributed by atoms with van der Waals surface area (Å²) in [5, 5.41) is 8.98. The molecule has 0 aliphatic rings. The molecule has 1 aromatic carbocycles. The maximum absolute atomic E-state index is 13.8. The molecule has 2 nitrogen and oxygen atoms in total.